The summed E-state index contributed by atoms with van der Waals surface area (Å²) in [5.41, 5.74) is 3.09. The first-order chi connectivity index (χ1) is 13.5. The summed E-state index contributed by atoms with van der Waals surface area (Å²) in [5, 5.41) is 24.2. The van der Waals surface area contributed by atoms with E-state index in [9.17, 15) is 9.90 Å². The van der Waals surface area contributed by atoms with E-state index in [1.165, 1.54) is 22.5 Å². The predicted molar refractivity (Wildman–Crippen MR) is 104 cm³/mol. The highest BCUT2D eigenvalue weighted by molar-refractivity contribution is 5.87. The molecule has 4 rings (SSSR count). The molecule has 1 aliphatic rings. The van der Waals surface area contributed by atoms with Gasteiger partial charge in [0.1, 0.15) is 0 Å². The third-order valence-corrected chi connectivity index (χ3v) is 5.30. The van der Waals surface area contributed by atoms with Gasteiger partial charge in [0.2, 0.25) is 5.88 Å². The number of hydrogen-bond acceptors (Lipinski definition) is 5. The fourth-order valence-electron chi connectivity index (χ4n) is 3.71. The minimum Gasteiger partial charge on any atom is -0.493 e. The number of fused-ring (bicyclic) bond motifs is 1. The molecular formula is C21H22N4O3. The van der Waals surface area contributed by atoms with Crippen LogP contribution in [0.3, 0.4) is 0 Å². The van der Waals surface area contributed by atoms with Crippen LogP contribution in [0.25, 0.3) is 5.82 Å². The summed E-state index contributed by atoms with van der Waals surface area (Å²) in [6, 6.07) is 13.7. The highest BCUT2D eigenvalue weighted by Crippen LogP contribution is 2.32. The van der Waals surface area contributed by atoms with Crippen LogP contribution >= 0.6 is 0 Å². The fraction of sp³-hybridized carbons (Fsp3) is 0.286. The number of carboxylic acid groups (broad SMARTS) is 1. The van der Waals surface area contributed by atoms with Gasteiger partial charge in [-0.25, -0.2) is 9.78 Å². The number of aromatic nitrogens is 3. The summed E-state index contributed by atoms with van der Waals surface area (Å²) in [7, 11) is 2.11. The standard InChI is InChI=1S/C21H22N4O3/c1-24(13-14-5-3-2-4-6-14)16-8-9-18-17(11-16)20(26)25(23-18)19-10-7-15(12-22-19)21(27)28/h2-7,10,12,16,26H,8-9,11,13H2,1H3,(H,27,28). The van der Waals surface area contributed by atoms with E-state index in [0.29, 0.717) is 11.9 Å². The molecule has 28 heavy (non-hydrogen) atoms. The maximum absolute atomic E-state index is 11.0. The third kappa shape index (κ3) is 3.48. The molecule has 2 heterocycles. The number of pyridine rings is 1. The number of carbonyl (C=O) groups is 1. The number of aromatic carboxylic acids is 1. The molecule has 144 valence electrons. The lowest BCUT2D eigenvalue weighted by Crippen LogP contribution is -2.35. The SMILES string of the molecule is CN(Cc1ccccc1)C1CCc2nn(-c3ccc(C(=O)O)cn3)c(O)c2C1. The quantitative estimate of drug-likeness (QED) is 0.709. The zero-order valence-electron chi connectivity index (χ0n) is 15.6. The van der Waals surface area contributed by atoms with E-state index in [2.05, 4.69) is 34.2 Å². The van der Waals surface area contributed by atoms with Crippen LogP contribution in [0, 0.1) is 0 Å². The smallest absolute Gasteiger partial charge is 0.337 e. The van der Waals surface area contributed by atoms with Gasteiger partial charge in [0.15, 0.2) is 5.82 Å². The van der Waals surface area contributed by atoms with E-state index in [1.807, 2.05) is 18.2 Å². The number of aromatic hydroxyl groups is 1. The molecule has 1 aliphatic carbocycles. The van der Waals surface area contributed by atoms with E-state index < -0.39 is 5.97 Å². The van der Waals surface area contributed by atoms with Crippen molar-refractivity contribution >= 4 is 5.97 Å². The molecule has 0 aliphatic heterocycles. The van der Waals surface area contributed by atoms with Gasteiger partial charge in [-0.3, -0.25) is 4.90 Å². The molecule has 0 bridgehead atoms. The molecule has 0 amide bonds. The normalized spacial score (nSPS) is 16.1. The Bertz CT molecular complexity index is 983. The molecule has 2 aromatic heterocycles. The average Bonchev–Trinajstić information content (AvgIpc) is 3.05. The molecule has 0 spiro atoms. The van der Waals surface area contributed by atoms with Crippen LogP contribution in [0.4, 0.5) is 0 Å². The number of benzene rings is 1. The Morgan fingerprint density at radius 2 is 2.04 bits per heavy atom. The number of likely N-dealkylation sites (N-methyl/N-ethyl adjacent to an activating group) is 1. The van der Waals surface area contributed by atoms with Gasteiger partial charge in [-0.05, 0) is 44.0 Å². The monoisotopic (exact) mass is 378 g/mol. The lowest BCUT2D eigenvalue weighted by atomic mass is 9.92. The lowest BCUT2D eigenvalue weighted by Gasteiger charge is -2.30. The summed E-state index contributed by atoms with van der Waals surface area (Å²) < 4.78 is 1.40. The Hall–Kier alpha value is -3.19. The Balaban J connectivity index is 1.53. The number of rotatable bonds is 5. The zero-order chi connectivity index (χ0) is 19.7. The van der Waals surface area contributed by atoms with Crippen LogP contribution in [0.5, 0.6) is 5.88 Å². The summed E-state index contributed by atoms with van der Waals surface area (Å²) in [4.78, 5) is 17.4. The van der Waals surface area contributed by atoms with Crippen LogP contribution in [-0.2, 0) is 19.4 Å². The highest BCUT2D eigenvalue weighted by atomic mass is 16.4. The van der Waals surface area contributed by atoms with Crippen molar-refractivity contribution in [3.8, 4) is 11.7 Å². The molecule has 1 atom stereocenters. The van der Waals surface area contributed by atoms with Gasteiger partial charge in [-0.2, -0.15) is 9.78 Å². The largest absolute Gasteiger partial charge is 0.493 e. The van der Waals surface area contributed by atoms with Crippen molar-refractivity contribution in [2.45, 2.75) is 31.8 Å². The van der Waals surface area contributed by atoms with Crippen LogP contribution < -0.4 is 0 Å². The number of hydrogen-bond donors (Lipinski definition) is 2. The van der Waals surface area contributed by atoms with Crippen molar-refractivity contribution in [3.63, 3.8) is 0 Å². The number of nitrogens with zero attached hydrogens (tertiary/aromatic N) is 4. The maximum atomic E-state index is 11.0. The molecular weight excluding hydrogens is 356 g/mol. The van der Waals surface area contributed by atoms with E-state index in [4.69, 9.17) is 5.11 Å². The van der Waals surface area contributed by atoms with Crippen LogP contribution in [0.1, 0.15) is 33.6 Å². The highest BCUT2D eigenvalue weighted by Gasteiger charge is 2.29. The molecule has 1 aromatic carbocycles. The van der Waals surface area contributed by atoms with Crippen molar-refractivity contribution in [2.24, 2.45) is 0 Å². The second kappa shape index (κ2) is 7.44. The summed E-state index contributed by atoms with van der Waals surface area (Å²) in [6.07, 6.45) is 3.75. The van der Waals surface area contributed by atoms with Crippen molar-refractivity contribution < 1.29 is 15.0 Å². The minimum absolute atomic E-state index is 0.0865. The van der Waals surface area contributed by atoms with E-state index in [1.54, 1.807) is 6.07 Å². The van der Waals surface area contributed by atoms with Gasteiger partial charge in [-0.15, -0.1) is 0 Å². The second-order valence-electron chi connectivity index (χ2n) is 7.17. The zero-order valence-corrected chi connectivity index (χ0v) is 15.6. The molecule has 1 unspecified atom stereocenters. The first-order valence-corrected chi connectivity index (χ1v) is 9.26. The molecule has 2 N–H and O–H groups in total. The number of carboxylic acids is 1. The van der Waals surface area contributed by atoms with Crippen molar-refractivity contribution in [2.75, 3.05) is 7.05 Å². The van der Waals surface area contributed by atoms with Crippen molar-refractivity contribution in [3.05, 3.63) is 71.0 Å². The molecule has 7 nitrogen and oxygen atoms in total. The van der Waals surface area contributed by atoms with E-state index >= 15 is 0 Å². The second-order valence-corrected chi connectivity index (χ2v) is 7.17. The third-order valence-electron chi connectivity index (χ3n) is 5.30. The topological polar surface area (TPSA) is 91.5 Å². The van der Waals surface area contributed by atoms with Crippen LogP contribution in [0.15, 0.2) is 48.7 Å². The minimum atomic E-state index is -1.03. The molecule has 0 saturated carbocycles. The maximum Gasteiger partial charge on any atom is 0.337 e. The summed E-state index contributed by atoms with van der Waals surface area (Å²) >= 11 is 0. The van der Waals surface area contributed by atoms with Gasteiger partial charge in [0.05, 0.1) is 11.3 Å². The Labute approximate surface area is 162 Å². The van der Waals surface area contributed by atoms with Crippen molar-refractivity contribution in [1.82, 2.24) is 19.7 Å². The predicted octanol–water partition coefficient (Wildman–Crippen LogP) is 2.66. The summed E-state index contributed by atoms with van der Waals surface area (Å²) in [6.45, 7) is 0.855. The first-order valence-electron chi connectivity index (χ1n) is 9.26. The van der Waals surface area contributed by atoms with Gasteiger partial charge in [-0.1, -0.05) is 30.3 Å². The number of aryl methyl sites for hydroxylation is 1. The molecule has 7 heteroatoms. The Kier molecular flexibility index (Phi) is 4.83. The molecule has 0 fully saturated rings. The van der Waals surface area contributed by atoms with E-state index in [0.717, 1.165) is 37.1 Å². The van der Waals surface area contributed by atoms with Crippen LogP contribution in [-0.4, -0.2) is 48.9 Å². The van der Waals surface area contributed by atoms with Gasteiger partial charge < -0.3 is 10.2 Å². The average molecular weight is 378 g/mol. The molecule has 3 aromatic rings. The van der Waals surface area contributed by atoms with Gasteiger partial charge in [0, 0.05) is 24.3 Å². The van der Waals surface area contributed by atoms with Gasteiger partial charge >= 0.3 is 5.97 Å². The Morgan fingerprint density at radius 1 is 1.25 bits per heavy atom. The van der Waals surface area contributed by atoms with Crippen molar-refractivity contribution in [1.29, 1.82) is 0 Å². The molecule has 0 saturated heterocycles. The fourth-order valence-corrected chi connectivity index (χ4v) is 3.71. The lowest BCUT2D eigenvalue weighted by molar-refractivity contribution is 0.0696. The van der Waals surface area contributed by atoms with Crippen LogP contribution in [0.2, 0.25) is 0 Å². The summed E-state index contributed by atoms with van der Waals surface area (Å²) in [5.74, 6) is -0.540. The first kappa shape index (κ1) is 18.2. The molecule has 0 radical (unpaired) electrons. The van der Waals surface area contributed by atoms with Gasteiger partial charge in [0.25, 0.3) is 0 Å². The Morgan fingerprint density at radius 3 is 2.71 bits per heavy atom. The van der Waals surface area contributed by atoms with E-state index in [-0.39, 0.29) is 11.4 Å².